The highest BCUT2D eigenvalue weighted by Crippen LogP contribution is 2.20. The van der Waals surface area contributed by atoms with E-state index in [1.807, 2.05) is 17.0 Å². The summed E-state index contributed by atoms with van der Waals surface area (Å²) in [6, 6.07) is 6.92. The van der Waals surface area contributed by atoms with Gasteiger partial charge in [-0.25, -0.2) is 9.37 Å². The molecule has 9 heteroatoms. The molecule has 27 heavy (non-hydrogen) atoms. The molecule has 1 fully saturated rings. The lowest BCUT2D eigenvalue weighted by atomic mass is 10.3. The van der Waals surface area contributed by atoms with Crippen molar-refractivity contribution in [1.29, 1.82) is 0 Å². The van der Waals surface area contributed by atoms with Gasteiger partial charge in [-0.15, -0.1) is 24.0 Å². The Labute approximate surface area is 175 Å². The average molecular weight is 486 g/mol. The Morgan fingerprint density at radius 3 is 2.96 bits per heavy atom. The van der Waals surface area contributed by atoms with Gasteiger partial charge in [0.05, 0.1) is 12.7 Å². The molecule has 1 atom stereocenters. The lowest BCUT2D eigenvalue weighted by Crippen LogP contribution is -2.45. The second kappa shape index (κ2) is 10.9. The number of aromatic nitrogens is 2. The van der Waals surface area contributed by atoms with Crippen molar-refractivity contribution in [2.45, 2.75) is 12.5 Å². The maximum absolute atomic E-state index is 13.9. The van der Waals surface area contributed by atoms with Crippen molar-refractivity contribution in [3.63, 3.8) is 0 Å². The third-order valence-electron chi connectivity index (χ3n) is 4.09. The zero-order valence-corrected chi connectivity index (χ0v) is 17.5. The van der Waals surface area contributed by atoms with Gasteiger partial charge in [-0.3, -0.25) is 9.98 Å². The topological polar surface area (TPSA) is 74.7 Å². The van der Waals surface area contributed by atoms with Crippen molar-refractivity contribution in [1.82, 2.24) is 20.6 Å². The van der Waals surface area contributed by atoms with Gasteiger partial charge < -0.3 is 20.3 Å². The summed E-state index contributed by atoms with van der Waals surface area (Å²) >= 11 is 0. The fourth-order valence-corrected chi connectivity index (χ4v) is 2.84. The highest BCUT2D eigenvalue weighted by molar-refractivity contribution is 14.0. The first kappa shape index (κ1) is 21.1. The number of halogens is 2. The highest BCUT2D eigenvalue weighted by atomic mass is 127. The largest absolute Gasteiger partial charge is 0.490 e. The van der Waals surface area contributed by atoms with Crippen LogP contribution in [0.2, 0.25) is 0 Å². The number of rotatable bonds is 6. The van der Waals surface area contributed by atoms with Crippen LogP contribution in [0, 0.1) is 5.82 Å². The summed E-state index contributed by atoms with van der Waals surface area (Å²) in [6.07, 6.45) is 5.89. The molecule has 0 amide bonds. The maximum atomic E-state index is 13.9. The minimum absolute atomic E-state index is 0. The molecule has 1 unspecified atom stereocenters. The van der Waals surface area contributed by atoms with Crippen molar-refractivity contribution in [3.05, 3.63) is 48.7 Å². The number of nitrogens with one attached hydrogen (secondary N) is 2. The van der Waals surface area contributed by atoms with E-state index in [1.54, 1.807) is 31.7 Å². The predicted octanol–water partition coefficient (Wildman–Crippen LogP) is 2.06. The predicted molar refractivity (Wildman–Crippen MR) is 114 cm³/mol. The first-order valence-electron chi connectivity index (χ1n) is 8.61. The van der Waals surface area contributed by atoms with Gasteiger partial charge in [0, 0.05) is 38.6 Å². The van der Waals surface area contributed by atoms with E-state index in [-0.39, 0.29) is 35.8 Å². The summed E-state index contributed by atoms with van der Waals surface area (Å²) in [5, 5.41) is 6.58. The molecule has 1 aliphatic rings. The van der Waals surface area contributed by atoms with E-state index in [1.165, 1.54) is 6.07 Å². The van der Waals surface area contributed by atoms with Crippen LogP contribution >= 0.6 is 24.0 Å². The Hall–Kier alpha value is -2.17. The number of hydrogen-bond acceptors (Lipinski definition) is 5. The number of guanidine groups is 1. The second-order valence-electron chi connectivity index (χ2n) is 5.92. The lowest BCUT2D eigenvalue weighted by Gasteiger charge is -2.20. The van der Waals surface area contributed by atoms with E-state index in [0.29, 0.717) is 31.5 Å². The number of pyridine rings is 2. The summed E-state index contributed by atoms with van der Waals surface area (Å²) in [4.78, 5) is 14.3. The molecule has 3 heterocycles. The van der Waals surface area contributed by atoms with Gasteiger partial charge in [-0.1, -0.05) is 0 Å². The molecule has 2 aromatic heterocycles. The van der Waals surface area contributed by atoms with E-state index in [9.17, 15) is 4.39 Å². The quantitative estimate of drug-likeness (QED) is 0.282. The number of aliphatic imine (C=N–C) groups is 1. The molecule has 0 spiro atoms. The summed E-state index contributed by atoms with van der Waals surface area (Å²) in [5.41, 5.74) is 0. The Morgan fingerprint density at radius 1 is 1.37 bits per heavy atom. The van der Waals surface area contributed by atoms with Crippen LogP contribution in [0.4, 0.5) is 10.2 Å². The lowest BCUT2D eigenvalue weighted by molar-refractivity contribution is 0.320. The summed E-state index contributed by atoms with van der Waals surface area (Å²) in [6.45, 7) is 2.55. The van der Waals surface area contributed by atoms with Crippen molar-refractivity contribution in [3.8, 4) is 5.75 Å². The molecule has 0 radical (unpaired) electrons. The molecule has 7 nitrogen and oxygen atoms in total. The van der Waals surface area contributed by atoms with Crippen molar-refractivity contribution in [2.24, 2.45) is 4.99 Å². The van der Waals surface area contributed by atoms with Crippen LogP contribution in [0.15, 0.2) is 47.8 Å². The van der Waals surface area contributed by atoms with Gasteiger partial charge in [0.25, 0.3) is 0 Å². The molecule has 2 aromatic rings. The third kappa shape index (κ3) is 6.19. The van der Waals surface area contributed by atoms with Gasteiger partial charge in [0.2, 0.25) is 0 Å². The van der Waals surface area contributed by atoms with Crippen molar-refractivity contribution < 1.29 is 9.13 Å². The van der Waals surface area contributed by atoms with E-state index >= 15 is 0 Å². The summed E-state index contributed by atoms with van der Waals surface area (Å²) in [5.74, 6) is 1.56. The summed E-state index contributed by atoms with van der Waals surface area (Å²) < 4.78 is 19.5. The number of ether oxygens (including phenoxy) is 1. The molecule has 0 saturated carbocycles. The van der Waals surface area contributed by atoms with Gasteiger partial charge in [-0.2, -0.15) is 0 Å². The number of nitrogens with zero attached hydrogens (tertiary/aromatic N) is 4. The van der Waals surface area contributed by atoms with Crippen LogP contribution < -0.4 is 20.3 Å². The molecular weight excluding hydrogens is 462 g/mol. The smallest absolute Gasteiger partial charge is 0.191 e. The van der Waals surface area contributed by atoms with Crippen LogP contribution in [0.1, 0.15) is 6.42 Å². The second-order valence-corrected chi connectivity index (χ2v) is 5.92. The van der Waals surface area contributed by atoms with Crippen molar-refractivity contribution in [2.75, 3.05) is 38.2 Å². The normalized spacial score (nSPS) is 16.6. The SMILES string of the molecule is CN=C(NCCOc1cccnc1)NC1CCN(c2ncccc2F)C1.I. The minimum atomic E-state index is -0.289. The van der Waals surface area contributed by atoms with E-state index in [2.05, 4.69) is 25.6 Å². The van der Waals surface area contributed by atoms with Crippen LogP contribution in [0.3, 0.4) is 0 Å². The molecule has 0 bridgehead atoms. The minimum Gasteiger partial charge on any atom is -0.490 e. The van der Waals surface area contributed by atoms with Crippen LogP contribution in [-0.4, -0.2) is 55.3 Å². The van der Waals surface area contributed by atoms with Crippen molar-refractivity contribution >= 4 is 35.8 Å². The molecule has 1 aliphatic heterocycles. The number of hydrogen-bond donors (Lipinski definition) is 2. The molecule has 1 saturated heterocycles. The van der Waals surface area contributed by atoms with Crippen LogP contribution in [-0.2, 0) is 0 Å². The van der Waals surface area contributed by atoms with Gasteiger partial charge in [0.1, 0.15) is 12.4 Å². The Morgan fingerprint density at radius 2 is 2.22 bits per heavy atom. The Balaban J connectivity index is 0.00000261. The van der Waals surface area contributed by atoms with Crippen LogP contribution in [0.25, 0.3) is 0 Å². The number of anilines is 1. The first-order valence-corrected chi connectivity index (χ1v) is 8.61. The fourth-order valence-electron chi connectivity index (χ4n) is 2.84. The zero-order valence-electron chi connectivity index (χ0n) is 15.1. The first-order chi connectivity index (χ1) is 12.8. The summed E-state index contributed by atoms with van der Waals surface area (Å²) in [7, 11) is 1.72. The van der Waals surface area contributed by atoms with Gasteiger partial charge in [-0.05, 0) is 30.7 Å². The molecule has 3 rings (SSSR count). The molecule has 0 aromatic carbocycles. The van der Waals surface area contributed by atoms with Gasteiger partial charge >= 0.3 is 0 Å². The van der Waals surface area contributed by atoms with E-state index in [4.69, 9.17) is 4.74 Å². The molecule has 146 valence electrons. The zero-order chi connectivity index (χ0) is 18.2. The average Bonchev–Trinajstić information content (AvgIpc) is 3.13. The van der Waals surface area contributed by atoms with E-state index in [0.717, 1.165) is 18.7 Å². The Kier molecular flexibility index (Phi) is 8.49. The standard InChI is InChI=1S/C18H23FN6O.HI/c1-20-18(23-9-11-26-15-4-2-7-21-12-15)24-14-6-10-25(13-14)17-16(19)5-3-8-22-17;/h2-5,7-8,12,14H,6,9-11,13H2,1H3,(H2,20,23,24);1H. The molecular formula is C18H24FIN6O. The third-order valence-corrected chi connectivity index (χ3v) is 4.09. The molecule has 2 N–H and O–H groups in total. The monoisotopic (exact) mass is 486 g/mol. The van der Waals surface area contributed by atoms with Crippen LogP contribution in [0.5, 0.6) is 5.75 Å². The fraction of sp³-hybridized carbons (Fsp3) is 0.389. The Bertz CT molecular complexity index is 733. The van der Waals surface area contributed by atoms with E-state index < -0.39 is 0 Å². The maximum Gasteiger partial charge on any atom is 0.191 e. The highest BCUT2D eigenvalue weighted by Gasteiger charge is 2.25. The van der Waals surface area contributed by atoms with Gasteiger partial charge in [0.15, 0.2) is 17.6 Å². The molecule has 0 aliphatic carbocycles.